The van der Waals surface area contributed by atoms with Crippen LogP contribution in [0.25, 0.3) is 11.0 Å². The molecule has 0 aliphatic carbocycles. The third-order valence-corrected chi connectivity index (χ3v) is 5.79. The van der Waals surface area contributed by atoms with Gasteiger partial charge in [0.25, 0.3) is 0 Å². The largest absolute Gasteiger partial charge is 0.353 e. The summed E-state index contributed by atoms with van der Waals surface area (Å²) < 4.78 is 2.19. The molecule has 1 unspecified atom stereocenters. The van der Waals surface area contributed by atoms with E-state index in [-0.39, 0.29) is 18.2 Å². The molecule has 7 nitrogen and oxygen atoms in total. The first kappa shape index (κ1) is 21.1. The smallest absolute Gasteiger partial charge is 0.237 e. The molecule has 2 heterocycles. The summed E-state index contributed by atoms with van der Waals surface area (Å²) in [6.07, 6.45) is 0.971. The van der Waals surface area contributed by atoms with E-state index in [0.717, 1.165) is 41.9 Å². The zero-order valence-electron chi connectivity index (χ0n) is 18.1. The maximum absolute atomic E-state index is 12.8. The van der Waals surface area contributed by atoms with Gasteiger partial charge in [-0.25, -0.2) is 4.98 Å². The number of benzene rings is 2. The van der Waals surface area contributed by atoms with Crippen LogP contribution in [0.2, 0.25) is 0 Å². The average molecular weight is 420 g/mol. The second-order valence-electron chi connectivity index (χ2n) is 7.84. The molecule has 1 aliphatic heterocycles. The van der Waals surface area contributed by atoms with Crippen molar-refractivity contribution in [1.82, 2.24) is 19.8 Å². The Kier molecular flexibility index (Phi) is 6.32. The van der Waals surface area contributed by atoms with Gasteiger partial charge in [-0.3, -0.25) is 14.5 Å². The maximum Gasteiger partial charge on any atom is 0.237 e. The molecule has 1 aliphatic rings. The molecule has 0 spiro atoms. The number of nitrogens with zero attached hydrogens (tertiary/aromatic N) is 3. The van der Waals surface area contributed by atoms with Gasteiger partial charge in [-0.1, -0.05) is 37.3 Å². The van der Waals surface area contributed by atoms with E-state index in [0.29, 0.717) is 18.8 Å². The van der Waals surface area contributed by atoms with Crippen LogP contribution in [0, 0.1) is 0 Å². The second kappa shape index (κ2) is 9.31. The zero-order chi connectivity index (χ0) is 21.8. The van der Waals surface area contributed by atoms with Crippen LogP contribution >= 0.6 is 0 Å². The minimum atomic E-state index is -0.483. The molecule has 1 atom stereocenters. The molecule has 7 heteroatoms. The van der Waals surface area contributed by atoms with Crippen LogP contribution in [0.4, 0.5) is 5.69 Å². The van der Waals surface area contributed by atoms with Crippen LogP contribution in [0.15, 0.2) is 48.5 Å². The van der Waals surface area contributed by atoms with Gasteiger partial charge in [-0.05, 0) is 30.7 Å². The number of imidazole rings is 1. The van der Waals surface area contributed by atoms with Gasteiger partial charge in [-0.15, -0.1) is 0 Å². The van der Waals surface area contributed by atoms with E-state index in [1.54, 1.807) is 0 Å². The molecule has 1 fully saturated rings. The molecular formula is C24H29N5O2. The summed E-state index contributed by atoms with van der Waals surface area (Å²) in [6.45, 7) is 7.02. The number of aryl methyl sites for hydroxylation is 2. The molecule has 3 aromatic rings. The van der Waals surface area contributed by atoms with Crippen molar-refractivity contribution in [2.45, 2.75) is 45.8 Å². The Morgan fingerprint density at radius 1 is 1.19 bits per heavy atom. The van der Waals surface area contributed by atoms with E-state index >= 15 is 0 Å². The Labute approximate surface area is 182 Å². The van der Waals surface area contributed by atoms with E-state index in [1.165, 1.54) is 0 Å². The van der Waals surface area contributed by atoms with Crippen LogP contribution in [0.1, 0.15) is 31.7 Å². The summed E-state index contributed by atoms with van der Waals surface area (Å²) in [5.74, 6) is 0.767. The summed E-state index contributed by atoms with van der Waals surface area (Å²) in [7, 11) is 0. The van der Waals surface area contributed by atoms with E-state index in [9.17, 15) is 9.59 Å². The summed E-state index contributed by atoms with van der Waals surface area (Å²) in [6, 6.07) is 15.3. The fourth-order valence-corrected chi connectivity index (χ4v) is 4.26. The number of aromatic nitrogens is 2. The number of fused-ring (bicyclic) bond motifs is 1. The van der Waals surface area contributed by atoms with E-state index in [2.05, 4.69) is 33.9 Å². The lowest BCUT2D eigenvalue weighted by atomic mass is 10.1. The first-order valence-electron chi connectivity index (χ1n) is 10.9. The Balaban J connectivity index is 1.46. The lowest BCUT2D eigenvalue weighted by Gasteiger charge is -2.34. The van der Waals surface area contributed by atoms with Crippen molar-refractivity contribution >= 4 is 28.5 Å². The third-order valence-electron chi connectivity index (χ3n) is 5.79. The first-order chi connectivity index (χ1) is 15.1. The lowest BCUT2D eigenvalue weighted by molar-refractivity contribution is -0.132. The molecule has 31 heavy (non-hydrogen) atoms. The van der Waals surface area contributed by atoms with Crippen molar-refractivity contribution in [3.05, 3.63) is 59.9 Å². The van der Waals surface area contributed by atoms with Crippen molar-refractivity contribution in [3.63, 3.8) is 0 Å². The predicted octanol–water partition coefficient (Wildman–Crippen LogP) is 2.95. The number of hydrogen-bond donors (Lipinski definition) is 2. The number of amides is 2. The van der Waals surface area contributed by atoms with Crippen molar-refractivity contribution in [3.8, 4) is 0 Å². The van der Waals surface area contributed by atoms with Gasteiger partial charge in [0.05, 0.1) is 23.5 Å². The molecule has 2 aromatic carbocycles. The van der Waals surface area contributed by atoms with E-state index in [1.807, 2.05) is 48.5 Å². The van der Waals surface area contributed by atoms with Gasteiger partial charge in [0.1, 0.15) is 5.82 Å². The molecule has 4 rings (SSSR count). The summed E-state index contributed by atoms with van der Waals surface area (Å²) >= 11 is 0. The molecule has 1 saturated heterocycles. The van der Waals surface area contributed by atoms with Crippen molar-refractivity contribution in [2.24, 2.45) is 0 Å². The molecule has 0 saturated carbocycles. The maximum atomic E-state index is 12.8. The normalized spacial score (nSPS) is 17.0. The molecule has 2 amide bonds. The van der Waals surface area contributed by atoms with Crippen molar-refractivity contribution in [1.29, 1.82) is 0 Å². The van der Waals surface area contributed by atoms with E-state index < -0.39 is 6.04 Å². The average Bonchev–Trinajstić information content (AvgIpc) is 3.13. The lowest BCUT2D eigenvalue weighted by Crippen LogP contribution is -2.55. The van der Waals surface area contributed by atoms with Gasteiger partial charge in [0.2, 0.25) is 11.8 Å². The second-order valence-corrected chi connectivity index (χ2v) is 7.84. The topological polar surface area (TPSA) is 79.3 Å². The molecule has 162 valence electrons. The standard InChI is InChI=1S/C24H29N5O2/c1-3-22-27-19-14-18(10-11-20(19)29(22)4-2)26-23(30)15-21-24(31)25-12-13-28(21)16-17-8-6-5-7-9-17/h5-11,14,21H,3-4,12-13,15-16H2,1-2H3,(H,25,31)(H,26,30). The molecule has 1 aromatic heterocycles. The molecular weight excluding hydrogens is 390 g/mol. The number of carbonyl (C=O) groups excluding carboxylic acids is 2. The highest BCUT2D eigenvalue weighted by atomic mass is 16.2. The Bertz CT molecular complexity index is 1080. The Morgan fingerprint density at radius 3 is 2.74 bits per heavy atom. The van der Waals surface area contributed by atoms with Gasteiger partial charge in [-0.2, -0.15) is 0 Å². The van der Waals surface area contributed by atoms with Gasteiger partial charge >= 0.3 is 0 Å². The quantitative estimate of drug-likeness (QED) is 0.617. The van der Waals surface area contributed by atoms with Crippen molar-refractivity contribution < 1.29 is 9.59 Å². The number of carbonyl (C=O) groups is 2. The van der Waals surface area contributed by atoms with Gasteiger partial charge in [0, 0.05) is 38.3 Å². The van der Waals surface area contributed by atoms with Crippen molar-refractivity contribution in [2.75, 3.05) is 18.4 Å². The number of piperazine rings is 1. The summed E-state index contributed by atoms with van der Waals surface area (Å²) in [5, 5.41) is 5.85. The highest BCUT2D eigenvalue weighted by Gasteiger charge is 2.31. The van der Waals surface area contributed by atoms with Crippen LogP contribution in [0.3, 0.4) is 0 Å². The SMILES string of the molecule is CCc1nc2cc(NC(=O)CC3C(=O)NCCN3Cc3ccccc3)ccc2n1CC. The summed E-state index contributed by atoms with van der Waals surface area (Å²) in [5.41, 5.74) is 3.77. The monoisotopic (exact) mass is 419 g/mol. The van der Waals surface area contributed by atoms with Crippen LogP contribution in [0.5, 0.6) is 0 Å². The van der Waals surface area contributed by atoms with Crippen LogP contribution in [-0.4, -0.2) is 45.4 Å². The third kappa shape index (κ3) is 4.61. The molecule has 0 bridgehead atoms. The Morgan fingerprint density at radius 2 is 2.00 bits per heavy atom. The number of anilines is 1. The Hall–Kier alpha value is -3.19. The van der Waals surface area contributed by atoms with Gasteiger partial charge in [0.15, 0.2) is 0 Å². The van der Waals surface area contributed by atoms with Crippen LogP contribution in [-0.2, 0) is 29.1 Å². The first-order valence-corrected chi connectivity index (χ1v) is 10.9. The number of hydrogen-bond acceptors (Lipinski definition) is 4. The highest BCUT2D eigenvalue weighted by Crippen LogP contribution is 2.22. The predicted molar refractivity (Wildman–Crippen MR) is 122 cm³/mol. The zero-order valence-corrected chi connectivity index (χ0v) is 18.1. The minimum absolute atomic E-state index is 0.0953. The molecule has 0 radical (unpaired) electrons. The van der Waals surface area contributed by atoms with Gasteiger partial charge < -0.3 is 15.2 Å². The number of rotatable bonds is 7. The van der Waals surface area contributed by atoms with E-state index in [4.69, 9.17) is 4.98 Å². The number of nitrogens with one attached hydrogen (secondary N) is 2. The minimum Gasteiger partial charge on any atom is -0.353 e. The van der Waals surface area contributed by atoms with Crippen LogP contribution < -0.4 is 10.6 Å². The summed E-state index contributed by atoms with van der Waals surface area (Å²) in [4.78, 5) is 32.1. The highest BCUT2D eigenvalue weighted by molar-refractivity contribution is 5.97. The fraction of sp³-hybridized carbons (Fsp3) is 0.375. The molecule has 2 N–H and O–H groups in total. The fourth-order valence-electron chi connectivity index (χ4n) is 4.26.